The van der Waals surface area contributed by atoms with E-state index in [1.54, 1.807) is 12.1 Å². The monoisotopic (exact) mass is 366 g/mol. The van der Waals surface area contributed by atoms with Crippen LogP contribution in [0, 0.1) is 0 Å². The van der Waals surface area contributed by atoms with Crippen molar-refractivity contribution < 1.29 is 8.42 Å². The molecule has 0 amide bonds. The molecule has 0 fully saturated rings. The third-order valence-corrected chi connectivity index (χ3v) is 5.94. The lowest BCUT2D eigenvalue weighted by Crippen LogP contribution is -2.34. The van der Waals surface area contributed by atoms with Gasteiger partial charge in [0.05, 0.1) is 10.6 Å². The highest BCUT2D eigenvalue weighted by molar-refractivity contribution is 7.92. The van der Waals surface area contributed by atoms with Crippen LogP contribution in [-0.4, -0.2) is 21.5 Å². The van der Waals surface area contributed by atoms with Crippen molar-refractivity contribution in [1.82, 2.24) is 5.32 Å². The molecule has 0 saturated heterocycles. The SMILES string of the molecule is CCCc1ccc(S(=O)(=O)N2CCNCc3ccccc32)cc1.Cl. The van der Waals surface area contributed by atoms with E-state index < -0.39 is 10.0 Å². The molecule has 1 N–H and O–H groups in total. The minimum Gasteiger partial charge on any atom is -0.311 e. The van der Waals surface area contributed by atoms with Gasteiger partial charge in [-0.1, -0.05) is 43.7 Å². The summed E-state index contributed by atoms with van der Waals surface area (Å²) in [4.78, 5) is 0.356. The first kappa shape index (κ1) is 18.8. The summed E-state index contributed by atoms with van der Waals surface area (Å²) in [6.07, 6.45) is 2.02. The van der Waals surface area contributed by atoms with Gasteiger partial charge in [-0.2, -0.15) is 0 Å². The maximum Gasteiger partial charge on any atom is 0.264 e. The highest BCUT2D eigenvalue weighted by atomic mass is 35.5. The Morgan fingerprint density at radius 2 is 1.79 bits per heavy atom. The Kier molecular flexibility index (Phi) is 6.27. The predicted octanol–water partition coefficient (Wildman–Crippen LogP) is 3.36. The first-order valence-electron chi connectivity index (χ1n) is 8.03. The van der Waals surface area contributed by atoms with Crippen LogP contribution in [-0.2, 0) is 23.0 Å². The van der Waals surface area contributed by atoms with Crippen molar-refractivity contribution in [3.63, 3.8) is 0 Å². The summed E-state index contributed by atoms with van der Waals surface area (Å²) in [5, 5.41) is 3.28. The van der Waals surface area contributed by atoms with Gasteiger partial charge < -0.3 is 5.32 Å². The molecule has 1 heterocycles. The zero-order valence-corrected chi connectivity index (χ0v) is 15.4. The molecule has 0 spiro atoms. The van der Waals surface area contributed by atoms with E-state index in [0.717, 1.165) is 24.1 Å². The Balaban J connectivity index is 0.00000208. The van der Waals surface area contributed by atoms with Crippen molar-refractivity contribution in [2.75, 3.05) is 17.4 Å². The molecule has 1 aliphatic heterocycles. The molecule has 6 heteroatoms. The zero-order chi connectivity index (χ0) is 16.3. The van der Waals surface area contributed by atoms with Crippen molar-refractivity contribution in [3.8, 4) is 0 Å². The van der Waals surface area contributed by atoms with Crippen LogP contribution in [0.15, 0.2) is 53.4 Å². The third-order valence-electron chi connectivity index (χ3n) is 4.12. The lowest BCUT2D eigenvalue weighted by atomic mass is 10.1. The summed E-state index contributed by atoms with van der Waals surface area (Å²) < 4.78 is 27.7. The summed E-state index contributed by atoms with van der Waals surface area (Å²) in [5.74, 6) is 0. The first-order valence-corrected chi connectivity index (χ1v) is 9.47. The number of benzene rings is 2. The van der Waals surface area contributed by atoms with E-state index in [2.05, 4.69) is 12.2 Å². The number of para-hydroxylation sites is 1. The van der Waals surface area contributed by atoms with Crippen molar-refractivity contribution in [2.45, 2.75) is 31.2 Å². The van der Waals surface area contributed by atoms with Crippen LogP contribution in [0.1, 0.15) is 24.5 Å². The van der Waals surface area contributed by atoms with Gasteiger partial charge >= 0.3 is 0 Å². The number of sulfonamides is 1. The molecular weight excluding hydrogens is 344 g/mol. The van der Waals surface area contributed by atoms with Crippen molar-refractivity contribution in [1.29, 1.82) is 0 Å². The van der Waals surface area contributed by atoms with Crippen LogP contribution in [0.25, 0.3) is 0 Å². The summed E-state index contributed by atoms with van der Waals surface area (Å²) in [7, 11) is -3.54. The minimum absolute atomic E-state index is 0. The summed E-state index contributed by atoms with van der Waals surface area (Å²) in [5.41, 5.74) is 2.95. The fourth-order valence-corrected chi connectivity index (χ4v) is 4.42. The van der Waals surface area contributed by atoms with Crippen LogP contribution in [0.3, 0.4) is 0 Å². The molecule has 24 heavy (non-hydrogen) atoms. The Morgan fingerprint density at radius 1 is 1.08 bits per heavy atom. The maximum atomic E-state index is 13.1. The molecule has 2 aromatic carbocycles. The van der Waals surface area contributed by atoms with E-state index in [0.29, 0.717) is 24.5 Å². The number of rotatable bonds is 4. The molecule has 0 bridgehead atoms. The standard InChI is InChI=1S/C18H22N2O2S.ClH/c1-2-5-15-8-10-17(11-9-15)23(21,22)20-13-12-19-14-16-6-3-4-7-18(16)20;/h3-4,6-11,19H,2,5,12-14H2,1H3;1H. The molecule has 0 saturated carbocycles. The van der Waals surface area contributed by atoms with Gasteiger partial charge in [0, 0.05) is 19.6 Å². The number of hydrogen-bond acceptors (Lipinski definition) is 3. The summed E-state index contributed by atoms with van der Waals surface area (Å²) in [6.45, 7) is 3.89. The predicted molar refractivity (Wildman–Crippen MR) is 100 cm³/mol. The summed E-state index contributed by atoms with van der Waals surface area (Å²) in [6, 6.07) is 15.0. The Morgan fingerprint density at radius 3 is 2.50 bits per heavy atom. The Hall–Kier alpha value is -1.56. The van der Waals surface area contributed by atoms with E-state index in [1.807, 2.05) is 36.4 Å². The smallest absolute Gasteiger partial charge is 0.264 e. The highest BCUT2D eigenvalue weighted by Gasteiger charge is 2.27. The topological polar surface area (TPSA) is 49.4 Å². The van der Waals surface area contributed by atoms with Gasteiger partial charge in [0.25, 0.3) is 10.0 Å². The van der Waals surface area contributed by atoms with Gasteiger partial charge in [-0.05, 0) is 35.7 Å². The van der Waals surface area contributed by atoms with E-state index >= 15 is 0 Å². The summed E-state index contributed by atoms with van der Waals surface area (Å²) >= 11 is 0. The molecule has 0 aliphatic carbocycles. The van der Waals surface area contributed by atoms with Gasteiger partial charge in [-0.3, -0.25) is 4.31 Å². The van der Waals surface area contributed by atoms with Crippen LogP contribution >= 0.6 is 12.4 Å². The fraction of sp³-hybridized carbons (Fsp3) is 0.333. The van der Waals surface area contributed by atoms with Gasteiger partial charge in [0.2, 0.25) is 0 Å². The second kappa shape index (κ2) is 8.01. The highest BCUT2D eigenvalue weighted by Crippen LogP contribution is 2.28. The largest absolute Gasteiger partial charge is 0.311 e. The van der Waals surface area contributed by atoms with E-state index in [9.17, 15) is 8.42 Å². The van der Waals surface area contributed by atoms with Crippen LogP contribution in [0.4, 0.5) is 5.69 Å². The van der Waals surface area contributed by atoms with E-state index in [1.165, 1.54) is 9.87 Å². The number of aryl methyl sites for hydroxylation is 1. The second-order valence-corrected chi connectivity index (χ2v) is 7.64. The quantitative estimate of drug-likeness (QED) is 0.902. The third kappa shape index (κ3) is 3.74. The normalized spacial score (nSPS) is 14.5. The molecule has 0 atom stereocenters. The van der Waals surface area contributed by atoms with Crippen molar-refractivity contribution in [3.05, 3.63) is 59.7 Å². The molecule has 3 rings (SSSR count). The molecule has 2 aromatic rings. The maximum absolute atomic E-state index is 13.1. The number of nitrogens with one attached hydrogen (secondary N) is 1. The van der Waals surface area contributed by atoms with E-state index in [4.69, 9.17) is 0 Å². The van der Waals surface area contributed by atoms with Crippen LogP contribution in [0.2, 0.25) is 0 Å². The number of hydrogen-bond donors (Lipinski definition) is 1. The van der Waals surface area contributed by atoms with Crippen molar-refractivity contribution >= 4 is 28.1 Å². The Labute approximate surface area is 150 Å². The van der Waals surface area contributed by atoms with Gasteiger partial charge in [0.15, 0.2) is 0 Å². The molecule has 0 radical (unpaired) electrons. The van der Waals surface area contributed by atoms with Crippen LogP contribution in [0.5, 0.6) is 0 Å². The second-order valence-electron chi connectivity index (χ2n) is 5.78. The van der Waals surface area contributed by atoms with E-state index in [-0.39, 0.29) is 12.4 Å². The van der Waals surface area contributed by atoms with Crippen molar-refractivity contribution in [2.24, 2.45) is 0 Å². The van der Waals surface area contributed by atoms with Gasteiger partial charge in [-0.25, -0.2) is 8.42 Å². The molecular formula is C18H23ClN2O2S. The Bertz CT molecular complexity index is 776. The number of halogens is 1. The molecule has 0 aromatic heterocycles. The molecule has 130 valence electrons. The minimum atomic E-state index is -3.54. The lowest BCUT2D eigenvalue weighted by Gasteiger charge is -2.24. The fourth-order valence-electron chi connectivity index (χ4n) is 2.92. The van der Waals surface area contributed by atoms with Crippen LogP contribution < -0.4 is 9.62 Å². The molecule has 4 nitrogen and oxygen atoms in total. The molecule has 0 unspecified atom stereocenters. The zero-order valence-electron chi connectivity index (χ0n) is 13.7. The average molecular weight is 367 g/mol. The average Bonchev–Trinajstić information content (AvgIpc) is 2.78. The van der Waals surface area contributed by atoms with Gasteiger partial charge in [-0.15, -0.1) is 12.4 Å². The first-order chi connectivity index (χ1) is 11.1. The lowest BCUT2D eigenvalue weighted by molar-refractivity contribution is 0.589. The number of anilines is 1. The number of fused-ring (bicyclic) bond motifs is 1. The van der Waals surface area contributed by atoms with Gasteiger partial charge in [0.1, 0.15) is 0 Å². The number of nitrogens with zero attached hydrogens (tertiary/aromatic N) is 1. The molecule has 1 aliphatic rings.